The number of sulfonamides is 1. The van der Waals surface area contributed by atoms with Crippen molar-refractivity contribution in [3.05, 3.63) is 64.0 Å². The number of benzene rings is 2. The summed E-state index contributed by atoms with van der Waals surface area (Å²) in [4.78, 5) is 14.2. The van der Waals surface area contributed by atoms with Gasteiger partial charge in [-0.25, -0.2) is 13.4 Å². The van der Waals surface area contributed by atoms with E-state index in [1.54, 1.807) is 5.38 Å². The first-order valence-corrected chi connectivity index (χ1v) is 10.7. The number of hydrogen-bond donors (Lipinski definition) is 1. The van der Waals surface area contributed by atoms with Crippen molar-refractivity contribution in [2.45, 2.75) is 18.2 Å². The zero-order chi connectivity index (χ0) is 20.1. The van der Waals surface area contributed by atoms with Crippen LogP contribution in [0, 0.1) is 10.1 Å². The lowest BCUT2D eigenvalue weighted by atomic mass is 10.2. The molecule has 0 fully saturated rings. The van der Waals surface area contributed by atoms with E-state index in [2.05, 4.69) is 9.71 Å². The van der Waals surface area contributed by atoms with Crippen LogP contribution in [0.1, 0.15) is 13.3 Å². The zero-order valence-electron chi connectivity index (χ0n) is 14.9. The molecule has 8 nitrogen and oxygen atoms in total. The van der Waals surface area contributed by atoms with Gasteiger partial charge in [-0.2, -0.15) is 0 Å². The predicted molar refractivity (Wildman–Crippen MR) is 107 cm³/mol. The number of aromatic nitrogens is 1. The van der Waals surface area contributed by atoms with Gasteiger partial charge in [0.25, 0.3) is 15.7 Å². The quantitative estimate of drug-likeness (QED) is 0.430. The number of rotatable bonds is 8. The van der Waals surface area contributed by atoms with E-state index in [-0.39, 0.29) is 5.13 Å². The van der Waals surface area contributed by atoms with Crippen LogP contribution in [0.3, 0.4) is 0 Å². The van der Waals surface area contributed by atoms with Crippen LogP contribution in [0.15, 0.2) is 58.8 Å². The van der Waals surface area contributed by atoms with E-state index in [0.29, 0.717) is 12.3 Å². The maximum atomic E-state index is 12.6. The van der Waals surface area contributed by atoms with E-state index in [0.717, 1.165) is 35.1 Å². The minimum Gasteiger partial charge on any atom is -0.494 e. The van der Waals surface area contributed by atoms with E-state index in [1.807, 2.05) is 31.2 Å². The van der Waals surface area contributed by atoms with Crippen LogP contribution in [0.5, 0.6) is 5.75 Å². The van der Waals surface area contributed by atoms with Crippen molar-refractivity contribution in [1.82, 2.24) is 4.98 Å². The third-order valence-corrected chi connectivity index (χ3v) is 5.97. The van der Waals surface area contributed by atoms with E-state index in [4.69, 9.17) is 4.74 Å². The first-order valence-electron chi connectivity index (χ1n) is 8.35. The number of nitro groups is 1. The molecular weight excluding hydrogens is 402 g/mol. The maximum absolute atomic E-state index is 12.6. The van der Waals surface area contributed by atoms with E-state index in [9.17, 15) is 18.5 Å². The van der Waals surface area contributed by atoms with E-state index in [1.165, 1.54) is 18.2 Å². The molecule has 0 bridgehead atoms. The summed E-state index contributed by atoms with van der Waals surface area (Å²) in [6.07, 6.45) is 0.914. The topological polar surface area (TPSA) is 111 Å². The van der Waals surface area contributed by atoms with Gasteiger partial charge in [0.05, 0.1) is 17.2 Å². The number of nitro benzene ring substituents is 1. The van der Waals surface area contributed by atoms with Gasteiger partial charge in [0.1, 0.15) is 5.75 Å². The Balaban J connectivity index is 1.80. The summed E-state index contributed by atoms with van der Waals surface area (Å²) in [5.74, 6) is 0.748. The van der Waals surface area contributed by atoms with E-state index >= 15 is 0 Å². The molecule has 3 rings (SSSR count). The highest BCUT2D eigenvalue weighted by atomic mass is 32.2. The number of ether oxygens (including phenoxy) is 1. The van der Waals surface area contributed by atoms with Gasteiger partial charge in [-0.3, -0.25) is 14.8 Å². The lowest BCUT2D eigenvalue weighted by molar-refractivity contribution is -0.387. The Kier molecular flexibility index (Phi) is 5.90. The van der Waals surface area contributed by atoms with E-state index < -0.39 is 25.5 Å². The summed E-state index contributed by atoms with van der Waals surface area (Å²) in [6, 6.07) is 12.5. The third kappa shape index (κ3) is 4.46. The molecule has 1 aromatic heterocycles. The second-order valence-corrected chi connectivity index (χ2v) is 8.25. The second kappa shape index (κ2) is 8.36. The van der Waals surface area contributed by atoms with Crippen molar-refractivity contribution in [3.63, 3.8) is 0 Å². The third-order valence-electron chi connectivity index (χ3n) is 3.70. The summed E-state index contributed by atoms with van der Waals surface area (Å²) in [5.41, 5.74) is 0.901. The monoisotopic (exact) mass is 419 g/mol. The Bertz CT molecular complexity index is 1080. The van der Waals surface area contributed by atoms with Crippen molar-refractivity contribution in [2.24, 2.45) is 0 Å². The van der Waals surface area contributed by atoms with Crippen LogP contribution in [0.2, 0.25) is 0 Å². The molecule has 0 aliphatic heterocycles. The van der Waals surface area contributed by atoms with Crippen molar-refractivity contribution in [2.75, 3.05) is 11.3 Å². The SMILES string of the molecule is CCCOc1ccc(-c2csc(NS(=O)(=O)c3ccccc3[N+](=O)[O-])n2)cc1. The van der Waals surface area contributed by atoms with Gasteiger partial charge in [0.2, 0.25) is 0 Å². The number of nitrogens with zero attached hydrogens (tertiary/aromatic N) is 2. The number of nitrogens with one attached hydrogen (secondary N) is 1. The highest BCUT2D eigenvalue weighted by molar-refractivity contribution is 7.93. The highest BCUT2D eigenvalue weighted by Crippen LogP contribution is 2.30. The lowest BCUT2D eigenvalue weighted by Gasteiger charge is -2.06. The first-order chi connectivity index (χ1) is 13.4. The fourth-order valence-corrected chi connectivity index (χ4v) is 4.55. The summed E-state index contributed by atoms with van der Waals surface area (Å²) < 4.78 is 32.9. The minimum atomic E-state index is -4.14. The molecule has 0 atom stereocenters. The van der Waals surface area contributed by atoms with Crippen LogP contribution < -0.4 is 9.46 Å². The maximum Gasteiger partial charge on any atom is 0.289 e. The molecule has 2 aromatic carbocycles. The molecule has 0 radical (unpaired) electrons. The van der Waals surface area contributed by atoms with Gasteiger partial charge >= 0.3 is 0 Å². The largest absolute Gasteiger partial charge is 0.494 e. The number of hydrogen-bond acceptors (Lipinski definition) is 7. The van der Waals surface area contributed by atoms with Crippen molar-refractivity contribution >= 4 is 32.2 Å². The molecule has 0 spiro atoms. The van der Waals surface area contributed by atoms with Gasteiger partial charge < -0.3 is 4.74 Å². The summed E-state index contributed by atoms with van der Waals surface area (Å²) in [6.45, 7) is 2.66. The zero-order valence-corrected chi connectivity index (χ0v) is 16.5. The minimum absolute atomic E-state index is 0.125. The Labute approximate surface area is 166 Å². The molecule has 28 heavy (non-hydrogen) atoms. The molecule has 0 aliphatic carbocycles. The highest BCUT2D eigenvalue weighted by Gasteiger charge is 2.26. The second-order valence-electron chi connectivity index (χ2n) is 5.74. The van der Waals surface area contributed by atoms with Crippen LogP contribution in [-0.4, -0.2) is 24.9 Å². The standard InChI is InChI=1S/C18H17N3O5S2/c1-2-11-26-14-9-7-13(8-10-14)15-12-27-18(19-15)20-28(24,25)17-6-4-3-5-16(17)21(22)23/h3-10,12H,2,11H2,1H3,(H,19,20). The lowest BCUT2D eigenvalue weighted by Crippen LogP contribution is -2.14. The van der Waals surface area contributed by atoms with Gasteiger partial charge in [0.15, 0.2) is 10.0 Å². The molecule has 146 valence electrons. The molecule has 0 unspecified atom stereocenters. The number of thiazole rings is 1. The summed E-state index contributed by atoms with van der Waals surface area (Å²) in [5, 5.41) is 12.9. The smallest absolute Gasteiger partial charge is 0.289 e. The molecule has 0 saturated carbocycles. The molecule has 1 heterocycles. The van der Waals surface area contributed by atoms with Crippen LogP contribution in [-0.2, 0) is 10.0 Å². The Morgan fingerprint density at radius 3 is 2.57 bits per heavy atom. The Hall–Kier alpha value is -2.98. The normalized spacial score (nSPS) is 11.2. The van der Waals surface area contributed by atoms with Crippen molar-refractivity contribution in [1.29, 1.82) is 0 Å². The molecule has 0 saturated heterocycles. The van der Waals surface area contributed by atoms with Crippen LogP contribution in [0.25, 0.3) is 11.3 Å². The average Bonchev–Trinajstić information content (AvgIpc) is 3.14. The Morgan fingerprint density at radius 1 is 1.18 bits per heavy atom. The summed E-state index contributed by atoms with van der Waals surface area (Å²) in [7, 11) is -4.14. The molecule has 1 N–H and O–H groups in total. The van der Waals surface area contributed by atoms with Crippen LogP contribution in [0.4, 0.5) is 10.8 Å². The van der Waals surface area contributed by atoms with Crippen molar-refractivity contribution < 1.29 is 18.1 Å². The fraction of sp³-hybridized carbons (Fsp3) is 0.167. The van der Waals surface area contributed by atoms with Crippen molar-refractivity contribution in [3.8, 4) is 17.0 Å². The van der Waals surface area contributed by atoms with Gasteiger partial charge in [-0.1, -0.05) is 19.1 Å². The molecule has 0 aliphatic rings. The van der Waals surface area contributed by atoms with Gasteiger partial charge in [0, 0.05) is 17.0 Å². The molecule has 10 heteroatoms. The fourth-order valence-electron chi connectivity index (χ4n) is 2.40. The Morgan fingerprint density at radius 2 is 1.89 bits per heavy atom. The first kappa shape index (κ1) is 19.8. The molecular formula is C18H17N3O5S2. The van der Waals surface area contributed by atoms with Crippen LogP contribution >= 0.6 is 11.3 Å². The predicted octanol–water partition coefficient (Wildman–Crippen LogP) is 4.31. The van der Waals surface area contributed by atoms with Gasteiger partial charge in [-0.05, 0) is 36.8 Å². The molecule has 3 aromatic rings. The number of anilines is 1. The average molecular weight is 419 g/mol. The molecule has 0 amide bonds. The van der Waals surface area contributed by atoms with Gasteiger partial charge in [-0.15, -0.1) is 11.3 Å². The summed E-state index contributed by atoms with van der Waals surface area (Å²) >= 11 is 1.10. The number of para-hydroxylation sites is 1.